The lowest BCUT2D eigenvalue weighted by molar-refractivity contribution is 1.39. The number of nitrogen functional groups attached to an aromatic ring is 1. The molecular weight excluding hydrogens is 262 g/mol. The summed E-state index contributed by atoms with van der Waals surface area (Å²) in [7, 11) is 0. The van der Waals surface area contributed by atoms with Crippen molar-refractivity contribution in [3.8, 4) is 0 Å². The van der Waals surface area contributed by atoms with Crippen LogP contribution in [-0.4, -0.2) is 4.98 Å². The number of para-hydroxylation sites is 1. The molecule has 1 aromatic carbocycles. The molecule has 14 heavy (non-hydrogen) atoms. The molecule has 72 valence electrons. The highest BCUT2D eigenvalue weighted by molar-refractivity contribution is 9.10. The minimum Gasteiger partial charge on any atom is -0.389 e. The van der Waals surface area contributed by atoms with E-state index in [2.05, 4.69) is 26.2 Å². The Kier molecular flexibility index (Phi) is 2.69. The highest BCUT2D eigenvalue weighted by Gasteiger charge is 2.01. The third-order valence-electron chi connectivity index (χ3n) is 1.64. The van der Waals surface area contributed by atoms with Crippen LogP contribution in [0.1, 0.15) is 0 Å². The van der Waals surface area contributed by atoms with Gasteiger partial charge >= 0.3 is 0 Å². The topological polar surface area (TPSA) is 50.9 Å². The highest BCUT2D eigenvalue weighted by Crippen LogP contribution is 2.28. The Labute approximate surface area is 94.1 Å². The van der Waals surface area contributed by atoms with Crippen LogP contribution in [0.4, 0.5) is 15.8 Å². The SMILES string of the molecule is Nc1cnc(Nc2ccccc2Br)s1. The van der Waals surface area contributed by atoms with E-state index in [1.54, 1.807) is 6.20 Å². The largest absolute Gasteiger partial charge is 0.389 e. The molecule has 0 radical (unpaired) electrons. The van der Waals surface area contributed by atoms with Gasteiger partial charge in [-0.05, 0) is 28.1 Å². The van der Waals surface area contributed by atoms with Crippen LogP contribution in [0.2, 0.25) is 0 Å². The average molecular weight is 270 g/mol. The van der Waals surface area contributed by atoms with Gasteiger partial charge in [0, 0.05) is 4.47 Å². The number of nitrogens with two attached hydrogens (primary N) is 1. The quantitative estimate of drug-likeness (QED) is 0.880. The fourth-order valence-electron chi connectivity index (χ4n) is 1.02. The fraction of sp³-hybridized carbons (Fsp3) is 0. The van der Waals surface area contributed by atoms with Crippen LogP contribution >= 0.6 is 27.3 Å². The van der Waals surface area contributed by atoms with E-state index in [0.29, 0.717) is 5.00 Å². The van der Waals surface area contributed by atoms with Crippen LogP contribution in [0.5, 0.6) is 0 Å². The minimum absolute atomic E-state index is 0.708. The first kappa shape index (κ1) is 9.48. The molecule has 2 rings (SSSR count). The second-order valence-corrected chi connectivity index (χ2v) is 4.59. The standard InChI is InChI=1S/C9H8BrN3S/c10-6-3-1-2-4-7(6)13-9-12-5-8(11)14-9/h1-5H,11H2,(H,12,13). The molecule has 1 aromatic heterocycles. The van der Waals surface area contributed by atoms with Gasteiger partial charge in [0.25, 0.3) is 0 Å². The lowest BCUT2D eigenvalue weighted by Crippen LogP contribution is -1.89. The first-order chi connectivity index (χ1) is 6.75. The first-order valence-corrected chi connectivity index (χ1v) is 5.59. The third kappa shape index (κ3) is 2.05. The van der Waals surface area contributed by atoms with Crippen molar-refractivity contribution in [2.75, 3.05) is 11.1 Å². The molecule has 0 bridgehead atoms. The normalized spacial score (nSPS) is 10.1. The molecule has 0 saturated carbocycles. The van der Waals surface area contributed by atoms with Crippen LogP contribution in [0.3, 0.4) is 0 Å². The summed E-state index contributed by atoms with van der Waals surface area (Å²) in [6, 6.07) is 7.87. The number of nitrogens with one attached hydrogen (secondary N) is 1. The van der Waals surface area contributed by atoms with Gasteiger partial charge in [0.2, 0.25) is 0 Å². The van der Waals surface area contributed by atoms with Gasteiger partial charge < -0.3 is 11.1 Å². The molecular formula is C9H8BrN3S. The summed E-state index contributed by atoms with van der Waals surface area (Å²) in [4.78, 5) is 4.11. The van der Waals surface area contributed by atoms with E-state index >= 15 is 0 Å². The molecule has 0 aliphatic heterocycles. The Morgan fingerprint density at radius 3 is 2.79 bits per heavy atom. The summed E-state index contributed by atoms with van der Waals surface area (Å²) in [5, 5.41) is 4.68. The second-order valence-electron chi connectivity index (χ2n) is 2.67. The van der Waals surface area contributed by atoms with Crippen molar-refractivity contribution in [3.63, 3.8) is 0 Å². The van der Waals surface area contributed by atoms with Gasteiger partial charge in [0.05, 0.1) is 11.9 Å². The third-order valence-corrected chi connectivity index (χ3v) is 3.07. The maximum atomic E-state index is 5.57. The van der Waals surface area contributed by atoms with Gasteiger partial charge in [-0.2, -0.15) is 0 Å². The Bertz CT molecular complexity index is 441. The van der Waals surface area contributed by atoms with Crippen LogP contribution < -0.4 is 11.1 Å². The van der Waals surface area contributed by atoms with E-state index < -0.39 is 0 Å². The number of anilines is 3. The summed E-state index contributed by atoms with van der Waals surface area (Å²) in [6.07, 6.45) is 1.64. The zero-order valence-electron chi connectivity index (χ0n) is 7.20. The Balaban J connectivity index is 2.23. The van der Waals surface area contributed by atoms with E-state index in [1.165, 1.54) is 11.3 Å². The molecule has 0 aliphatic rings. The molecule has 2 aromatic rings. The number of benzene rings is 1. The van der Waals surface area contributed by atoms with Gasteiger partial charge in [0.15, 0.2) is 5.13 Å². The summed E-state index contributed by atoms with van der Waals surface area (Å²) < 4.78 is 1.01. The molecule has 0 saturated heterocycles. The van der Waals surface area contributed by atoms with E-state index in [4.69, 9.17) is 5.73 Å². The smallest absolute Gasteiger partial charge is 0.189 e. The van der Waals surface area contributed by atoms with Gasteiger partial charge in [0.1, 0.15) is 5.00 Å². The summed E-state index contributed by atoms with van der Waals surface area (Å²) >= 11 is 4.87. The Morgan fingerprint density at radius 1 is 1.36 bits per heavy atom. The zero-order valence-corrected chi connectivity index (χ0v) is 9.60. The summed E-state index contributed by atoms with van der Waals surface area (Å²) in [6.45, 7) is 0. The highest BCUT2D eigenvalue weighted by atomic mass is 79.9. The van der Waals surface area contributed by atoms with Crippen LogP contribution in [0.15, 0.2) is 34.9 Å². The van der Waals surface area contributed by atoms with Crippen molar-refractivity contribution < 1.29 is 0 Å². The number of thiazole rings is 1. The van der Waals surface area contributed by atoms with Crippen molar-refractivity contribution in [1.29, 1.82) is 0 Å². The summed E-state index contributed by atoms with van der Waals surface area (Å²) in [5.41, 5.74) is 6.56. The molecule has 1 heterocycles. The number of hydrogen-bond acceptors (Lipinski definition) is 4. The molecule has 5 heteroatoms. The number of aromatic nitrogens is 1. The average Bonchev–Trinajstić information content (AvgIpc) is 2.56. The lowest BCUT2D eigenvalue weighted by Gasteiger charge is -2.03. The molecule has 0 spiro atoms. The Hall–Kier alpha value is -1.07. The van der Waals surface area contributed by atoms with Gasteiger partial charge in [-0.25, -0.2) is 4.98 Å². The minimum atomic E-state index is 0.708. The maximum absolute atomic E-state index is 5.57. The number of rotatable bonds is 2. The van der Waals surface area contributed by atoms with Gasteiger partial charge in [-0.1, -0.05) is 23.5 Å². The van der Waals surface area contributed by atoms with E-state index in [0.717, 1.165) is 15.3 Å². The van der Waals surface area contributed by atoms with Crippen molar-refractivity contribution >= 4 is 43.1 Å². The van der Waals surface area contributed by atoms with Crippen molar-refractivity contribution in [3.05, 3.63) is 34.9 Å². The first-order valence-electron chi connectivity index (χ1n) is 3.98. The molecule has 0 atom stereocenters. The number of halogens is 1. The monoisotopic (exact) mass is 269 g/mol. The van der Waals surface area contributed by atoms with Gasteiger partial charge in [-0.3, -0.25) is 0 Å². The van der Waals surface area contributed by atoms with Crippen LogP contribution in [0.25, 0.3) is 0 Å². The van der Waals surface area contributed by atoms with E-state index in [9.17, 15) is 0 Å². The molecule has 3 nitrogen and oxygen atoms in total. The van der Waals surface area contributed by atoms with Crippen molar-refractivity contribution in [2.45, 2.75) is 0 Å². The fourth-order valence-corrected chi connectivity index (χ4v) is 2.00. The van der Waals surface area contributed by atoms with E-state index in [1.807, 2.05) is 24.3 Å². The molecule has 0 unspecified atom stereocenters. The van der Waals surface area contributed by atoms with Crippen molar-refractivity contribution in [2.24, 2.45) is 0 Å². The van der Waals surface area contributed by atoms with Gasteiger partial charge in [-0.15, -0.1) is 0 Å². The molecule has 0 aliphatic carbocycles. The molecule has 3 N–H and O–H groups in total. The predicted octanol–water partition coefficient (Wildman–Crippen LogP) is 3.23. The molecule has 0 fully saturated rings. The van der Waals surface area contributed by atoms with Crippen LogP contribution in [-0.2, 0) is 0 Å². The van der Waals surface area contributed by atoms with Crippen molar-refractivity contribution in [1.82, 2.24) is 4.98 Å². The predicted molar refractivity (Wildman–Crippen MR) is 64.0 cm³/mol. The Morgan fingerprint density at radius 2 is 2.14 bits per heavy atom. The number of nitrogens with zero attached hydrogens (tertiary/aromatic N) is 1. The zero-order chi connectivity index (χ0) is 9.97. The second kappa shape index (κ2) is 3.98. The maximum Gasteiger partial charge on any atom is 0.189 e. The van der Waals surface area contributed by atoms with Crippen LogP contribution in [0, 0.1) is 0 Å². The lowest BCUT2D eigenvalue weighted by atomic mass is 10.3. The molecule has 0 amide bonds. The van der Waals surface area contributed by atoms with E-state index in [-0.39, 0.29) is 0 Å². The summed E-state index contributed by atoms with van der Waals surface area (Å²) in [5.74, 6) is 0. The number of hydrogen-bond donors (Lipinski definition) is 2.